The molecule has 0 amide bonds. The second-order valence-corrected chi connectivity index (χ2v) is 7.39. The van der Waals surface area contributed by atoms with Gasteiger partial charge in [0.15, 0.2) is 5.96 Å². The van der Waals surface area contributed by atoms with Gasteiger partial charge in [0, 0.05) is 0 Å². The van der Waals surface area contributed by atoms with Crippen molar-refractivity contribution in [2.45, 2.75) is 32.7 Å². The summed E-state index contributed by atoms with van der Waals surface area (Å²) in [5.41, 5.74) is 16.0. The summed E-state index contributed by atoms with van der Waals surface area (Å²) in [6.07, 6.45) is 0. The third-order valence-electron chi connectivity index (χ3n) is 4.51. The lowest BCUT2D eigenvalue weighted by Crippen LogP contribution is -2.22. The summed E-state index contributed by atoms with van der Waals surface area (Å²) < 4.78 is 0. The van der Waals surface area contributed by atoms with Crippen LogP contribution in [0, 0.1) is 0 Å². The number of hydrogen-bond donors (Lipinski definition) is 2. The van der Waals surface area contributed by atoms with Crippen LogP contribution in [0.2, 0.25) is 0 Å². The van der Waals surface area contributed by atoms with Crippen LogP contribution in [0.1, 0.15) is 31.9 Å². The van der Waals surface area contributed by atoms with Crippen LogP contribution in [-0.2, 0) is 12.0 Å². The maximum absolute atomic E-state index is 5.48. The zero-order chi connectivity index (χ0) is 18.0. The van der Waals surface area contributed by atoms with Crippen molar-refractivity contribution >= 4 is 16.7 Å². The van der Waals surface area contributed by atoms with Crippen LogP contribution in [0.3, 0.4) is 0 Å². The minimum Gasteiger partial charge on any atom is -0.370 e. The quantitative estimate of drug-likeness (QED) is 0.545. The molecule has 3 aromatic carbocycles. The van der Waals surface area contributed by atoms with Gasteiger partial charge in [0.2, 0.25) is 0 Å². The number of benzene rings is 3. The van der Waals surface area contributed by atoms with E-state index in [0.29, 0.717) is 6.54 Å². The Morgan fingerprint density at radius 3 is 2.08 bits per heavy atom. The van der Waals surface area contributed by atoms with Crippen LogP contribution in [0.4, 0.5) is 0 Å². The monoisotopic (exact) mass is 331 g/mol. The van der Waals surface area contributed by atoms with Crippen molar-refractivity contribution in [1.29, 1.82) is 0 Å². The van der Waals surface area contributed by atoms with Gasteiger partial charge in [-0.15, -0.1) is 0 Å². The smallest absolute Gasteiger partial charge is 0.186 e. The molecule has 3 heteroatoms. The molecule has 0 fully saturated rings. The summed E-state index contributed by atoms with van der Waals surface area (Å²) >= 11 is 0. The third kappa shape index (κ3) is 3.66. The largest absolute Gasteiger partial charge is 0.370 e. The van der Waals surface area contributed by atoms with E-state index >= 15 is 0 Å². The van der Waals surface area contributed by atoms with Gasteiger partial charge in [-0.05, 0) is 38.4 Å². The molecule has 4 N–H and O–H groups in total. The van der Waals surface area contributed by atoms with Crippen molar-refractivity contribution in [3.63, 3.8) is 0 Å². The molecule has 0 aliphatic carbocycles. The first-order valence-electron chi connectivity index (χ1n) is 8.53. The molecule has 0 saturated heterocycles. The van der Waals surface area contributed by atoms with Crippen molar-refractivity contribution in [2.75, 3.05) is 0 Å². The first kappa shape index (κ1) is 17.0. The standard InChI is InChI=1S/C22H25N3/c1-22(2,3)17-11-8-15(9-12-17)19-13-10-16(14-25-21(23)24)18-6-4-5-7-20(18)19/h4-13H,14H2,1-3H3,(H4,23,24,25). The predicted octanol–water partition coefficient (Wildman–Crippen LogP) is 4.58. The SMILES string of the molecule is CC(C)(C)c1ccc(-c2ccc(CN=C(N)N)c3ccccc23)cc1. The summed E-state index contributed by atoms with van der Waals surface area (Å²) in [7, 11) is 0. The average molecular weight is 331 g/mol. The molecule has 0 spiro atoms. The fourth-order valence-corrected chi connectivity index (χ4v) is 3.08. The molecule has 0 aromatic heterocycles. The lowest BCUT2D eigenvalue weighted by atomic mass is 9.86. The fourth-order valence-electron chi connectivity index (χ4n) is 3.08. The van der Waals surface area contributed by atoms with E-state index < -0.39 is 0 Å². The molecule has 128 valence electrons. The highest BCUT2D eigenvalue weighted by Gasteiger charge is 2.14. The maximum atomic E-state index is 5.48. The average Bonchev–Trinajstić information content (AvgIpc) is 2.59. The van der Waals surface area contributed by atoms with E-state index in [9.17, 15) is 0 Å². The summed E-state index contributed by atoms with van der Waals surface area (Å²) in [6.45, 7) is 7.19. The van der Waals surface area contributed by atoms with Gasteiger partial charge in [-0.3, -0.25) is 0 Å². The molecule has 3 rings (SSSR count). The molecule has 3 nitrogen and oxygen atoms in total. The highest BCUT2D eigenvalue weighted by atomic mass is 15.0. The Labute approximate surface area is 149 Å². The van der Waals surface area contributed by atoms with Crippen LogP contribution in [0.5, 0.6) is 0 Å². The molecule has 0 aliphatic heterocycles. The Morgan fingerprint density at radius 1 is 0.840 bits per heavy atom. The molecule has 0 unspecified atom stereocenters. The van der Waals surface area contributed by atoms with E-state index in [1.54, 1.807) is 0 Å². The van der Waals surface area contributed by atoms with Crippen LogP contribution >= 0.6 is 0 Å². The van der Waals surface area contributed by atoms with E-state index in [0.717, 1.165) is 5.56 Å². The fraction of sp³-hybridized carbons (Fsp3) is 0.227. The van der Waals surface area contributed by atoms with Crippen LogP contribution in [0.15, 0.2) is 65.7 Å². The molecule has 0 saturated carbocycles. The summed E-state index contributed by atoms with van der Waals surface area (Å²) in [4.78, 5) is 4.16. The highest BCUT2D eigenvalue weighted by molar-refractivity contribution is 5.98. The van der Waals surface area contributed by atoms with E-state index in [4.69, 9.17) is 11.5 Å². The van der Waals surface area contributed by atoms with Gasteiger partial charge < -0.3 is 11.5 Å². The van der Waals surface area contributed by atoms with Gasteiger partial charge in [0.1, 0.15) is 0 Å². The lowest BCUT2D eigenvalue weighted by molar-refractivity contribution is 0.590. The van der Waals surface area contributed by atoms with Crippen molar-refractivity contribution in [3.8, 4) is 11.1 Å². The minimum atomic E-state index is 0.117. The van der Waals surface area contributed by atoms with Crippen molar-refractivity contribution in [3.05, 3.63) is 71.8 Å². The van der Waals surface area contributed by atoms with Crippen LogP contribution in [-0.4, -0.2) is 5.96 Å². The second-order valence-electron chi connectivity index (χ2n) is 7.39. The van der Waals surface area contributed by atoms with E-state index in [1.807, 2.05) is 6.07 Å². The molecule has 0 atom stereocenters. The summed E-state index contributed by atoms with van der Waals surface area (Å²) in [5, 5.41) is 2.40. The number of hydrogen-bond acceptors (Lipinski definition) is 1. The van der Waals surface area contributed by atoms with Gasteiger partial charge in [-0.1, -0.05) is 81.4 Å². The van der Waals surface area contributed by atoms with Gasteiger partial charge >= 0.3 is 0 Å². The van der Waals surface area contributed by atoms with Gasteiger partial charge in [-0.2, -0.15) is 0 Å². The normalized spacial score (nSPS) is 11.5. The van der Waals surface area contributed by atoms with E-state index in [-0.39, 0.29) is 11.4 Å². The summed E-state index contributed by atoms with van der Waals surface area (Å²) in [5.74, 6) is 0.117. The van der Waals surface area contributed by atoms with Crippen molar-refractivity contribution < 1.29 is 0 Å². The Kier molecular flexibility index (Phi) is 4.49. The number of nitrogens with two attached hydrogens (primary N) is 2. The maximum Gasteiger partial charge on any atom is 0.186 e. The van der Waals surface area contributed by atoms with Gasteiger partial charge in [-0.25, -0.2) is 4.99 Å². The minimum absolute atomic E-state index is 0.117. The molecule has 25 heavy (non-hydrogen) atoms. The van der Waals surface area contributed by atoms with Crippen LogP contribution < -0.4 is 11.5 Å². The number of nitrogens with zero attached hydrogens (tertiary/aromatic N) is 1. The zero-order valence-corrected chi connectivity index (χ0v) is 15.1. The van der Waals surface area contributed by atoms with E-state index in [2.05, 4.69) is 80.4 Å². The van der Waals surface area contributed by atoms with Crippen molar-refractivity contribution in [2.24, 2.45) is 16.5 Å². The Morgan fingerprint density at radius 2 is 1.48 bits per heavy atom. The predicted molar refractivity (Wildman–Crippen MR) is 108 cm³/mol. The summed E-state index contributed by atoms with van der Waals surface area (Å²) in [6, 6.07) is 21.5. The number of rotatable bonds is 3. The van der Waals surface area contributed by atoms with Crippen LogP contribution in [0.25, 0.3) is 21.9 Å². The molecular weight excluding hydrogens is 306 g/mol. The molecule has 0 aliphatic rings. The third-order valence-corrected chi connectivity index (χ3v) is 4.51. The number of guanidine groups is 1. The molecular formula is C22H25N3. The molecule has 0 radical (unpaired) electrons. The molecule has 0 bridgehead atoms. The lowest BCUT2D eigenvalue weighted by Gasteiger charge is -2.19. The Bertz CT molecular complexity index is 912. The van der Waals surface area contributed by atoms with Crippen molar-refractivity contribution in [1.82, 2.24) is 0 Å². The first-order chi connectivity index (χ1) is 11.9. The number of aliphatic imine (C=N–C) groups is 1. The second kappa shape index (κ2) is 6.60. The molecule has 3 aromatic rings. The highest BCUT2D eigenvalue weighted by Crippen LogP contribution is 2.32. The zero-order valence-electron chi connectivity index (χ0n) is 15.1. The topological polar surface area (TPSA) is 64.4 Å². The Balaban J connectivity index is 2.09. The Hall–Kier alpha value is -2.81. The van der Waals surface area contributed by atoms with Gasteiger partial charge in [0.25, 0.3) is 0 Å². The number of fused-ring (bicyclic) bond motifs is 1. The first-order valence-corrected chi connectivity index (χ1v) is 8.53. The molecule has 0 heterocycles. The van der Waals surface area contributed by atoms with Gasteiger partial charge in [0.05, 0.1) is 6.54 Å². The van der Waals surface area contributed by atoms with E-state index in [1.165, 1.54) is 27.5 Å².